The van der Waals surface area contributed by atoms with Gasteiger partial charge in [0.2, 0.25) is 11.8 Å². The molecule has 2 saturated heterocycles. The van der Waals surface area contributed by atoms with Crippen molar-refractivity contribution in [2.75, 3.05) is 0 Å². The molecule has 1 aromatic carbocycles. The third-order valence-corrected chi connectivity index (χ3v) is 7.10. The molecular formula is C17H16N2O7S-2. The lowest BCUT2D eigenvalue weighted by molar-refractivity contribution is -0.312. The summed E-state index contributed by atoms with van der Waals surface area (Å²) in [7, 11) is -1.80. The maximum atomic E-state index is 12.7. The van der Waals surface area contributed by atoms with Gasteiger partial charge in [0.25, 0.3) is 0 Å². The number of carboxylic acid groups (broad SMARTS) is 2. The lowest BCUT2D eigenvalue weighted by atomic mass is 9.94. The summed E-state index contributed by atoms with van der Waals surface area (Å²) in [6.07, 6.45) is 0. The average Bonchev–Trinajstić information content (AvgIpc) is 2.78. The van der Waals surface area contributed by atoms with Gasteiger partial charge in [-0.15, -0.1) is 0 Å². The minimum Gasteiger partial charge on any atom is -0.549 e. The SMILES string of the molecule is CC1(C)[C@@H](C(=O)[O-])N2C(=O)[C@@H](NC(=O)[C@H](C(=O)[O-])c3ccccc3)[C@H]2[S@]1=O. The first-order valence-electron chi connectivity index (χ1n) is 8.09. The number of carboxylic acids is 2. The monoisotopic (exact) mass is 392 g/mol. The minimum atomic E-state index is -1.80. The van der Waals surface area contributed by atoms with Gasteiger partial charge in [-0.05, 0) is 19.4 Å². The molecule has 9 nitrogen and oxygen atoms in total. The number of benzene rings is 1. The van der Waals surface area contributed by atoms with Crippen molar-refractivity contribution in [3.05, 3.63) is 35.9 Å². The van der Waals surface area contributed by atoms with Crippen molar-refractivity contribution < 1.29 is 33.6 Å². The molecule has 1 aromatic rings. The Bertz CT molecular complexity index is 854. The number of carbonyl (C=O) groups excluding carboxylic acids is 4. The number of aliphatic carboxylic acids is 2. The highest BCUT2D eigenvalue weighted by atomic mass is 32.2. The molecule has 3 rings (SSSR count). The van der Waals surface area contributed by atoms with Crippen LogP contribution in [0.1, 0.15) is 25.3 Å². The lowest BCUT2D eigenvalue weighted by Gasteiger charge is -2.44. The van der Waals surface area contributed by atoms with Gasteiger partial charge < -0.3 is 30.0 Å². The van der Waals surface area contributed by atoms with Gasteiger partial charge in [0.1, 0.15) is 17.3 Å². The molecule has 0 aromatic heterocycles. The van der Waals surface area contributed by atoms with Crippen LogP contribution in [0.25, 0.3) is 0 Å². The smallest absolute Gasteiger partial charge is 0.249 e. The number of hydrogen-bond donors (Lipinski definition) is 1. The second-order valence-corrected chi connectivity index (χ2v) is 9.04. The summed E-state index contributed by atoms with van der Waals surface area (Å²) in [6.45, 7) is 2.87. The summed E-state index contributed by atoms with van der Waals surface area (Å²) in [5.41, 5.74) is 0.166. The van der Waals surface area contributed by atoms with Crippen LogP contribution in [-0.4, -0.2) is 55.1 Å². The molecule has 1 N–H and O–H groups in total. The molecule has 2 fully saturated rings. The molecule has 0 bridgehead atoms. The fourth-order valence-corrected chi connectivity index (χ4v) is 5.47. The molecule has 5 atom stereocenters. The van der Waals surface area contributed by atoms with Crippen LogP contribution in [0.15, 0.2) is 30.3 Å². The maximum absolute atomic E-state index is 12.7. The topological polar surface area (TPSA) is 147 Å². The van der Waals surface area contributed by atoms with E-state index in [0.717, 1.165) is 4.90 Å². The number of rotatable bonds is 5. The molecule has 0 saturated carbocycles. The minimum absolute atomic E-state index is 0.166. The van der Waals surface area contributed by atoms with Crippen molar-refractivity contribution in [3.63, 3.8) is 0 Å². The van der Waals surface area contributed by atoms with Gasteiger partial charge in [-0.3, -0.25) is 13.8 Å². The van der Waals surface area contributed by atoms with Crippen LogP contribution < -0.4 is 15.5 Å². The summed E-state index contributed by atoms with van der Waals surface area (Å²) in [5.74, 6) is -6.58. The highest BCUT2D eigenvalue weighted by molar-refractivity contribution is 7.87. The van der Waals surface area contributed by atoms with Crippen LogP contribution in [-0.2, 0) is 30.0 Å². The normalized spacial score (nSPS) is 29.4. The Hall–Kier alpha value is -2.75. The van der Waals surface area contributed by atoms with Gasteiger partial charge in [0, 0.05) is 0 Å². The van der Waals surface area contributed by atoms with Crippen LogP contribution in [0.2, 0.25) is 0 Å². The fourth-order valence-electron chi connectivity index (χ4n) is 3.55. The molecule has 2 aliphatic heterocycles. The van der Waals surface area contributed by atoms with Crippen molar-refractivity contribution in [1.29, 1.82) is 0 Å². The Morgan fingerprint density at radius 2 is 1.78 bits per heavy atom. The van der Waals surface area contributed by atoms with Gasteiger partial charge in [-0.25, -0.2) is 0 Å². The van der Waals surface area contributed by atoms with E-state index in [1.165, 1.54) is 26.0 Å². The zero-order chi connectivity index (χ0) is 20.1. The number of nitrogens with zero attached hydrogens (tertiary/aromatic N) is 1. The summed E-state index contributed by atoms with van der Waals surface area (Å²) >= 11 is 0. The van der Waals surface area contributed by atoms with Gasteiger partial charge in [-0.1, -0.05) is 30.3 Å². The summed E-state index contributed by atoms with van der Waals surface area (Å²) < 4.78 is 11.4. The predicted octanol–water partition coefficient (Wildman–Crippen LogP) is -3.17. The number of β-lactam (4-membered cyclic amide) rings is 1. The summed E-state index contributed by atoms with van der Waals surface area (Å²) in [6, 6.07) is 4.94. The van der Waals surface area contributed by atoms with E-state index in [1.54, 1.807) is 18.2 Å². The molecule has 2 heterocycles. The fraction of sp³-hybridized carbons (Fsp3) is 0.412. The van der Waals surface area contributed by atoms with Gasteiger partial charge in [0.15, 0.2) is 0 Å². The first kappa shape index (κ1) is 19.0. The van der Waals surface area contributed by atoms with Gasteiger partial charge >= 0.3 is 0 Å². The van der Waals surface area contributed by atoms with Crippen molar-refractivity contribution in [2.24, 2.45) is 0 Å². The summed E-state index contributed by atoms with van der Waals surface area (Å²) in [4.78, 5) is 48.6. The molecule has 0 spiro atoms. The molecule has 0 aliphatic carbocycles. The zero-order valence-electron chi connectivity index (χ0n) is 14.4. The van der Waals surface area contributed by atoms with Crippen molar-refractivity contribution in [3.8, 4) is 0 Å². The largest absolute Gasteiger partial charge is 0.549 e. The van der Waals surface area contributed by atoms with E-state index in [1.807, 2.05) is 0 Å². The van der Waals surface area contributed by atoms with E-state index in [0.29, 0.717) is 0 Å². The first-order valence-corrected chi connectivity index (χ1v) is 9.30. The Kier molecular flexibility index (Phi) is 4.54. The standard InChI is InChI=1S/C17H18N2O7S/c1-17(2)11(16(24)25)19-13(21)10(14(19)27(17)26)18-12(20)9(15(22)23)8-6-4-3-5-7-8/h3-7,9-11,14H,1-2H3,(H,18,20)(H,22,23)(H,24,25)/p-2/t9-,10-,11-,14-,27-/m1/s1. The van der Waals surface area contributed by atoms with E-state index >= 15 is 0 Å². The van der Waals surface area contributed by atoms with Gasteiger partial charge in [0.05, 0.1) is 33.5 Å². The molecule has 10 heteroatoms. The van der Waals surface area contributed by atoms with Crippen LogP contribution in [0.3, 0.4) is 0 Å². The van der Waals surface area contributed by atoms with Crippen molar-refractivity contribution >= 4 is 34.6 Å². The number of fused-ring (bicyclic) bond motifs is 1. The molecule has 144 valence electrons. The number of nitrogens with one attached hydrogen (secondary N) is 1. The molecule has 0 unspecified atom stereocenters. The zero-order valence-corrected chi connectivity index (χ0v) is 15.2. The molecule has 0 radical (unpaired) electrons. The average molecular weight is 392 g/mol. The Balaban J connectivity index is 1.84. The van der Waals surface area contributed by atoms with E-state index in [4.69, 9.17) is 0 Å². The third kappa shape index (κ3) is 2.80. The predicted molar refractivity (Wildman–Crippen MR) is 87.8 cm³/mol. The second kappa shape index (κ2) is 6.45. The van der Waals surface area contributed by atoms with Crippen molar-refractivity contribution in [1.82, 2.24) is 10.2 Å². The third-order valence-electron chi connectivity index (χ3n) is 4.91. The van der Waals surface area contributed by atoms with Crippen LogP contribution in [0, 0.1) is 0 Å². The summed E-state index contributed by atoms with van der Waals surface area (Å²) in [5, 5.41) is 24.1. The molecular weight excluding hydrogens is 376 g/mol. The maximum Gasteiger partial charge on any atom is 0.249 e. The Labute approximate surface area is 156 Å². The molecule has 27 heavy (non-hydrogen) atoms. The van der Waals surface area contributed by atoms with E-state index < -0.39 is 62.7 Å². The lowest BCUT2D eigenvalue weighted by Crippen LogP contribution is -2.72. The van der Waals surface area contributed by atoms with Crippen LogP contribution in [0.4, 0.5) is 0 Å². The van der Waals surface area contributed by atoms with Crippen LogP contribution >= 0.6 is 0 Å². The quantitative estimate of drug-likeness (QED) is 0.411. The number of carbonyl (C=O) groups is 4. The Morgan fingerprint density at radius 3 is 2.30 bits per heavy atom. The van der Waals surface area contributed by atoms with E-state index in [9.17, 15) is 33.6 Å². The highest BCUT2D eigenvalue weighted by Gasteiger charge is 2.66. The Morgan fingerprint density at radius 1 is 1.19 bits per heavy atom. The number of hydrogen-bond acceptors (Lipinski definition) is 7. The molecule has 2 amide bonds. The van der Waals surface area contributed by atoms with Crippen LogP contribution in [0.5, 0.6) is 0 Å². The highest BCUT2D eigenvalue weighted by Crippen LogP contribution is 2.43. The molecule has 2 aliphatic rings. The van der Waals surface area contributed by atoms with Crippen molar-refractivity contribution in [2.45, 2.75) is 42.0 Å². The first-order chi connectivity index (χ1) is 12.6. The van der Waals surface area contributed by atoms with Gasteiger partial charge in [-0.2, -0.15) is 0 Å². The van der Waals surface area contributed by atoms with E-state index in [2.05, 4.69) is 5.32 Å². The number of amides is 2. The van der Waals surface area contributed by atoms with E-state index in [-0.39, 0.29) is 5.56 Å². The second-order valence-electron chi connectivity index (χ2n) is 6.91.